The molecule has 1 atom stereocenters. The molecule has 17 heavy (non-hydrogen) atoms. The van der Waals surface area contributed by atoms with Crippen molar-refractivity contribution < 1.29 is 13.9 Å². The molecule has 0 aliphatic rings. The predicted molar refractivity (Wildman–Crippen MR) is 65.9 cm³/mol. The third-order valence-corrected chi connectivity index (χ3v) is 2.77. The maximum absolute atomic E-state index is 13.8. The molecule has 0 spiro atoms. The third kappa shape index (κ3) is 3.68. The van der Waals surface area contributed by atoms with E-state index >= 15 is 0 Å². The summed E-state index contributed by atoms with van der Waals surface area (Å²) in [7, 11) is 5.04. The fourth-order valence-electron chi connectivity index (χ4n) is 1.90. The molecule has 96 valence electrons. The van der Waals surface area contributed by atoms with E-state index in [1.165, 1.54) is 6.07 Å². The van der Waals surface area contributed by atoms with Gasteiger partial charge in [0.1, 0.15) is 11.6 Å². The second kappa shape index (κ2) is 7.25. The molecular weight excluding hydrogens is 221 g/mol. The van der Waals surface area contributed by atoms with Gasteiger partial charge in [0.2, 0.25) is 0 Å². The molecule has 4 heteroatoms. The summed E-state index contributed by atoms with van der Waals surface area (Å²) in [6.45, 7) is 0.676. The van der Waals surface area contributed by atoms with Gasteiger partial charge >= 0.3 is 0 Å². The highest BCUT2D eigenvalue weighted by Gasteiger charge is 2.18. The maximum atomic E-state index is 13.8. The van der Waals surface area contributed by atoms with Crippen LogP contribution in [0.1, 0.15) is 24.4 Å². The van der Waals surface area contributed by atoms with E-state index in [0.29, 0.717) is 17.9 Å². The highest BCUT2D eigenvalue weighted by atomic mass is 19.1. The maximum Gasteiger partial charge on any atom is 0.131 e. The van der Waals surface area contributed by atoms with Crippen LogP contribution in [0.4, 0.5) is 4.39 Å². The summed E-state index contributed by atoms with van der Waals surface area (Å²) in [6, 6.07) is 4.83. The number of benzene rings is 1. The molecule has 0 bridgehead atoms. The van der Waals surface area contributed by atoms with Crippen LogP contribution in [0.2, 0.25) is 0 Å². The Kier molecular flexibility index (Phi) is 5.94. The first kappa shape index (κ1) is 13.9. The Morgan fingerprint density at radius 2 is 2.12 bits per heavy atom. The number of hydrogen-bond donors (Lipinski definition) is 1. The minimum Gasteiger partial charge on any atom is -0.496 e. The Morgan fingerprint density at radius 3 is 2.71 bits per heavy atom. The molecule has 1 unspecified atom stereocenters. The Balaban J connectivity index is 2.86. The van der Waals surface area contributed by atoms with Gasteiger partial charge < -0.3 is 14.8 Å². The number of nitrogens with one attached hydrogen (secondary N) is 1. The molecule has 0 aliphatic carbocycles. The standard InChI is InChI=1S/C13H20FNO2/c1-15-11(7-5-9-16-2)13-10(14)6-4-8-12(13)17-3/h4,6,8,11,15H,5,7,9H2,1-3H3. The van der Waals surface area contributed by atoms with Crippen LogP contribution in [-0.4, -0.2) is 27.9 Å². The molecule has 0 heterocycles. The van der Waals surface area contributed by atoms with Crippen LogP contribution < -0.4 is 10.1 Å². The first-order valence-corrected chi connectivity index (χ1v) is 5.73. The average Bonchev–Trinajstić information content (AvgIpc) is 2.35. The number of halogens is 1. The van der Waals surface area contributed by atoms with Crippen LogP contribution in [0.15, 0.2) is 18.2 Å². The minimum atomic E-state index is -0.235. The Labute approximate surface area is 102 Å². The van der Waals surface area contributed by atoms with E-state index in [1.807, 2.05) is 7.05 Å². The number of methoxy groups -OCH3 is 2. The first-order valence-electron chi connectivity index (χ1n) is 5.73. The van der Waals surface area contributed by atoms with E-state index in [9.17, 15) is 4.39 Å². The van der Waals surface area contributed by atoms with Crippen LogP contribution in [0.3, 0.4) is 0 Å². The van der Waals surface area contributed by atoms with Gasteiger partial charge in [0.15, 0.2) is 0 Å². The highest BCUT2D eigenvalue weighted by Crippen LogP contribution is 2.30. The summed E-state index contributed by atoms with van der Waals surface area (Å²) >= 11 is 0. The zero-order valence-corrected chi connectivity index (χ0v) is 10.6. The minimum absolute atomic E-state index is 0.0544. The Bertz CT molecular complexity index is 344. The van der Waals surface area contributed by atoms with Crippen molar-refractivity contribution in [1.82, 2.24) is 5.32 Å². The molecular formula is C13H20FNO2. The van der Waals surface area contributed by atoms with Gasteiger partial charge in [-0.3, -0.25) is 0 Å². The lowest BCUT2D eigenvalue weighted by Gasteiger charge is -2.19. The van der Waals surface area contributed by atoms with Crippen LogP contribution >= 0.6 is 0 Å². The zero-order valence-electron chi connectivity index (χ0n) is 10.6. The van der Waals surface area contributed by atoms with Crippen molar-refractivity contribution in [3.63, 3.8) is 0 Å². The van der Waals surface area contributed by atoms with E-state index < -0.39 is 0 Å². The number of ether oxygens (including phenoxy) is 2. The molecule has 0 aromatic heterocycles. The van der Waals surface area contributed by atoms with Gasteiger partial charge in [0.25, 0.3) is 0 Å². The quantitative estimate of drug-likeness (QED) is 0.744. The van der Waals surface area contributed by atoms with Gasteiger partial charge in [-0.15, -0.1) is 0 Å². The molecule has 1 rings (SSSR count). The van der Waals surface area contributed by atoms with E-state index in [4.69, 9.17) is 9.47 Å². The summed E-state index contributed by atoms with van der Waals surface area (Å²) in [5.41, 5.74) is 0.591. The lowest BCUT2D eigenvalue weighted by Crippen LogP contribution is -2.19. The molecule has 0 radical (unpaired) electrons. The molecule has 1 aromatic rings. The summed E-state index contributed by atoms with van der Waals surface area (Å²) in [5, 5.41) is 3.12. The van der Waals surface area contributed by atoms with Gasteiger partial charge in [-0.05, 0) is 32.0 Å². The van der Waals surface area contributed by atoms with Crippen LogP contribution in [-0.2, 0) is 4.74 Å². The van der Waals surface area contributed by atoms with Crippen molar-refractivity contribution in [2.75, 3.05) is 27.9 Å². The first-order chi connectivity index (χ1) is 8.24. The molecule has 0 fully saturated rings. The van der Waals surface area contributed by atoms with Crippen molar-refractivity contribution in [2.24, 2.45) is 0 Å². The van der Waals surface area contributed by atoms with Gasteiger partial charge in [-0.25, -0.2) is 4.39 Å². The van der Waals surface area contributed by atoms with Crippen molar-refractivity contribution in [1.29, 1.82) is 0 Å². The molecule has 0 saturated carbocycles. The summed E-state index contributed by atoms with van der Waals surface area (Å²) in [4.78, 5) is 0. The number of rotatable bonds is 7. The number of hydrogen-bond acceptors (Lipinski definition) is 3. The molecule has 1 N–H and O–H groups in total. The van der Waals surface area contributed by atoms with E-state index in [1.54, 1.807) is 26.4 Å². The largest absolute Gasteiger partial charge is 0.496 e. The van der Waals surface area contributed by atoms with Crippen molar-refractivity contribution in [3.8, 4) is 5.75 Å². The van der Waals surface area contributed by atoms with Crippen molar-refractivity contribution >= 4 is 0 Å². The third-order valence-electron chi connectivity index (χ3n) is 2.77. The molecule has 3 nitrogen and oxygen atoms in total. The lowest BCUT2D eigenvalue weighted by molar-refractivity contribution is 0.188. The zero-order chi connectivity index (χ0) is 12.7. The van der Waals surface area contributed by atoms with Gasteiger partial charge in [-0.2, -0.15) is 0 Å². The highest BCUT2D eigenvalue weighted by molar-refractivity contribution is 5.37. The smallest absolute Gasteiger partial charge is 0.131 e. The SMILES string of the molecule is CNC(CCCOC)c1c(F)cccc1OC. The van der Waals surface area contributed by atoms with E-state index in [2.05, 4.69) is 5.32 Å². The fourth-order valence-corrected chi connectivity index (χ4v) is 1.90. The molecule has 0 amide bonds. The average molecular weight is 241 g/mol. The van der Waals surface area contributed by atoms with Gasteiger partial charge in [0.05, 0.1) is 7.11 Å². The van der Waals surface area contributed by atoms with Crippen LogP contribution in [0, 0.1) is 5.82 Å². The molecule has 1 aromatic carbocycles. The second-order valence-electron chi connectivity index (χ2n) is 3.83. The topological polar surface area (TPSA) is 30.5 Å². The predicted octanol–water partition coefficient (Wildman–Crippen LogP) is 2.52. The Hall–Kier alpha value is -1.13. The van der Waals surface area contributed by atoms with Crippen molar-refractivity contribution in [3.05, 3.63) is 29.6 Å². The second-order valence-corrected chi connectivity index (χ2v) is 3.83. The van der Waals surface area contributed by atoms with E-state index in [-0.39, 0.29) is 11.9 Å². The summed E-state index contributed by atoms with van der Waals surface area (Å²) in [5.74, 6) is 0.350. The van der Waals surface area contributed by atoms with E-state index in [0.717, 1.165) is 12.8 Å². The van der Waals surface area contributed by atoms with Crippen LogP contribution in [0.5, 0.6) is 5.75 Å². The van der Waals surface area contributed by atoms with Gasteiger partial charge in [0, 0.05) is 25.3 Å². The molecule has 0 aliphatic heterocycles. The van der Waals surface area contributed by atoms with Crippen LogP contribution in [0.25, 0.3) is 0 Å². The summed E-state index contributed by atoms with van der Waals surface area (Å²) in [6.07, 6.45) is 1.68. The lowest BCUT2D eigenvalue weighted by atomic mass is 10.0. The fraction of sp³-hybridized carbons (Fsp3) is 0.538. The normalized spacial score (nSPS) is 12.5. The molecule has 0 saturated heterocycles. The van der Waals surface area contributed by atoms with Gasteiger partial charge in [-0.1, -0.05) is 6.07 Å². The van der Waals surface area contributed by atoms with Crippen molar-refractivity contribution in [2.45, 2.75) is 18.9 Å². The Morgan fingerprint density at radius 1 is 1.35 bits per heavy atom. The monoisotopic (exact) mass is 241 g/mol. The summed E-state index contributed by atoms with van der Waals surface area (Å²) < 4.78 is 24.0.